The molecule has 0 saturated heterocycles. The fourth-order valence-corrected chi connectivity index (χ4v) is 2.69. The van der Waals surface area contributed by atoms with Crippen LogP contribution in [-0.2, 0) is 11.3 Å². The molecule has 1 N–H and O–H groups in total. The number of rotatable bonds is 6. The third-order valence-corrected chi connectivity index (χ3v) is 4.13. The molecule has 0 bridgehead atoms. The molecule has 2 rings (SSSR count). The number of carbonyl (C=O) groups excluding carboxylic acids is 1. The topological polar surface area (TPSA) is 32.3 Å². The molecule has 1 aliphatic rings. The van der Waals surface area contributed by atoms with Crippen LogP contribution in [0.1, 0.15) is 29.7 Å². The molecule has 0 atom stereocenters. The Morgan fingerprint density at radius 2 is 2.35 bits per heavy atom. The zero-order chi connectivity index (χ0) is 12.3. The highest BCUT2D eigenvalue weighted by Gasteiger charge is 2.20. The lowest BCUT2D eigenvalue weighted by Gasteiger charge is -2.17. The van der Waals surface area contributed by atoms with Gasteiger partial charge in [0.1, 0.15) is 0 Å². The third kappa shape index (κ3) is 3.82. The molecule has 0 unspecified atom stereocenters. The first-order chi connectivity index (χ1) is 8.16. The first kappa shape index (κ1) is 12.6. The molecule has 17 heavy (non-hydrogen) atoms. The molecular formula is C13H20N2OS. The molecule has 1 heterocycles. The maximum Gasteiger partial charge on any atom is 0.223 e. The number of amides is 1. The quantitative estimate of drug-likeness (QED) is 0.841. The summed E-state index contributed by atoms with van der Waals surface area (Å²) in [6, 6.07) is 2.79. The largest absolute Gasteiger partial charge is 0.341 e. The number of aryl methyl sites for hydroxylation is 1. The summed E-state index contributed by atoms with van der Waals surface area (Å²) >= 11 is 1.72. The van der Waals surface area contributed by atoms with E-state index < -0.39 is 0 Å². The zero-order valence-corrected chi connectivity index (χ0v) is 11.3. The predicted octanol–water partition coefficient (Wildman–Crippen LogP) is 2.16. The Bertz CT molecular complexity index is 385. The highest BCUT2D eigenvalue weighted by Crippen LogP contribution is 2.19. The summed E-state index contributed by atoms with van der Waals surface area (Å²) in [6.07, 6.45) is 3.16. The van der Waals surface area contributed by atoms with Crippen molar-refractivity contribution in [2.45, 2.75) is 38.8 Å². The normalized spacial score (nSPS) is 14.9. The smallest absolute Gasteiger partial charge is 0.223 e. The number of nitrogens with one attached hydrogen (secondary N) is 1. The fraction of sp³-hybridized carbons (Fsp3) is 0.615. The van der Waals surface area contributed by atoms with Gasteiger partial charge in [0, 0.05) is 30.9 Å². The second-order valence-electron chi connectivity index (χ2n) is 4.75. The van der Waals surface area contributed by atoms with Crippen molar-refractivity contribution in [3.05, 3.63) is 21.9 Å². The van der Waals surface area contributed by atoms with Crippen LogP contribution in [0, 0.1) is 6.92 Å². The van der Waals surface area contributed by atoms with Gasteiger partial charge in [0.25, 0.3) is 0 Å². The minimum atomic E-state index is 0.228. The van der Waals surface area contributed by atoms with E-state index in [0.29, 0.717) is 12.5 Å². The molecule has 1 fully saturated rings. The van der Waals surface area contributed by atoms with Crippen molar-refractivity contribution >= 4 is 17.2 Å². The number of hydrogen-bond acceptors (Lipinski definition) is 3. The lowest BCUT2D eigenvalue weighted by Crippen LogP contribution is -2.30. The van der Waals surface area contributed by atoms with E-state index in [4.69, 9.17) is 0 Å². The van der Waals surface area contributed by atoms with Gasteiger partial charge in [0.2, 0.25) is 5.91 Å². The van der Waals surface area contributed by atoms with Crippen LogP contribution in [0.5, 0.6) is 0 Å². The van der Waals surface area contributed by atoms with E-state index in [1.165, 1.54) is 23.3 Å². The van der Waals surface area contributed by atoms with Crippen molar-refractivity contribution in [2.24, 2.45) is 0 Å². The minimum Gasteiger partial charge on any atom is -0.341 e. The van der Waals surface area contributed by atoms with Crippen LogP contribution < -0.4 is 5.32 Å². The summed E-state index contributed by atoms with van der Waals surface area (Å²) in [6.45, 7) is 3.65. The van der Waals surface area contributed by atoms with E-state index in [-0.39, 0.29) is 5.91 Å². The molecule has 1 amide bonds. The molecule has 0 aliphatic heterocycles. The van der Waals surface area contributed by atoms with Gasteiger partial charge in [-0.2, -0.15) is 0 Å². The van der Waals surface area contributed by atoms with Crippen molar-refractivity contribution in [1.29, 1.82) is 0 Å². The number of carbonyl (C=O) groups is 1. The van der Waals surface area contributed by atoms with Gasteiger partial charge in [-0.1, -0.05) is 0 Å². The van der Waals surface area contributed by atoms with Gasteiger partial charge in [0.05, 0.1) is 6.54 Å². The summed E-state index contributed by atoms with van der Waals surface area (Å²) in [5.41, 5.74) is 1.28. The molecule has 0 spiro atoms. The van der Waals surface area contributed by atoms with Gasteiger partial charge >= 0.3 is 0 Å². The maximum absolute atomic E-state index is 11.9. The fourth-order valence-electron chi connectivity index (χ4n) is 1.73. The molecule has 1 saturated carbocycles. The van der Waals surface area contributed by atoms with E-state index >= 15 is 0 Å². The maximum atomic E-state index is 11.9. The standard InChI is InChI=1S/C13H20N2OS/c1-10-6-8-17-12(10)9-15(2)13(16)5-7-14-11-3-4-11/h6,8,11,14H,3-5,7,9H2,1-2H3. The summed E-state index contributed by atoms with van der Waals surface area (Å²) in [4.78, 5) is 15.0. The highest BCUT2D eigenvalue weighted by atomic mass is 32.1. The van der Waals surface area contributed by atoms with E-state index in [1.807, 2.05) is 11.9 Å². The molecule has 3 nitrogen and oxygen atoms in total. The van der Waals surface area contributed by atoms with Gasteiger partial charge in [0.15, 0.2) is 0 Å². The van der Waals surface area contributed by atoms with E-state index in [1.54, 1.807) is 11.3 Å². The van der Waals surface area contributed by atoms with Gasteiger partial charge in [-0.15, -0.1) is 11.3 Å². The van der Waals surface area contributed by atoms with Gasteiger partial charge in [-0.05, 0) is 36.8 Å². The number of nitrogens with zero attached hydrogens (tertiary/aromatic N) is 1. The van der Waals surface area contributed by atoms with E-state index in [9.17, 15) is 4.79 Å². The average molecular weight is 252 g/mol. The van der Waals surface area contributed by atoms with Crippen LogP contribution in [0.15, 0.2) is 11.4 Å². The summed E-state index contributed by atoms with van der Waals surface area (Å²) in [5, 5.41) is 5.45. The number of thiophene rings is 1. The molecule has 4 heteroatoms. The van der Waals surface area contributed by atoms with Crippen LogP contribution in [0.25, 0.3) is 0 Å². The first-order valence-corrected chi connectivity index (χ1v) is 7.05. The van der Waals surface area contributed by atoms with Crippen molar-refractivity contribution < 1.29 is 4.79 Å². The van der Waals surface area contributed by atoms with Crippen LogP contribution >= 0.6 is 11.3 Å². The molecule has 94 valence electrons. The molecular weight excluding hydrogens is 232 g/mol. The Labute approximate surface area is 107 Å². The van der Waals surface area contributed by atoms with Crippen LogP contribution in [0.2, 0.25) is 0 Å². The zero-order valence-electron chi connectivity index (χ0n) is 10.5. The van der Waals surface area contributed by atoms with Crippen LogP contribution in [0.3, 0.4) is 0 Å². The van der Waals surface area contributed by atoms with E-state index in [0.717, 1.165) is 13.1 Å². The van der Waals surface area contributed by atoms with Gasteiger partial charge in [-0.3, -0.25) is 4.79 Å². The molecule has 1 aromatic rings. The van der Waals surface area contributed by atoms with Crippen molar-refractivity contribution in [3.8, 4) is 0 Å². The Kier molecular flexibility index (Phi) is 4.18. The van der Waals surface area contributed by atoms with Crippen molar-refractivity contribution in [3.63, 3.8) is 0 Å². The third-order valence-electron chi connectivity index (χ3n) is 3.12. The Hall–Kier alpha value is -0.870. The van der Waals surface area contributed by atoms with Gasteiger partial charge < -0.3 is 10.2 Å². The van der Waals surface area contributed by atoms with Crippen LogP contribution in [0.4, 0.5) is 0 Å². The van der Waals surface area contributed by atoms with Crippen molar-refractivity contribution in [2.75, 3.05) is 13.6 Å². The van der Waals surface area contributed by atoms with Crippen molar-refractivity contribution in [1.82, 2.24) is 10.2 Å². The monoisotopic (exact) mass is 252 g/mol. The SMILES string of the molecule is Cc1ccsc1CN(C)C(=O)CCNC1CC1. The Balaban J connectivity index is 1.72. The first-order valence-electron chi connectivity index (χ1n) is 6.17. The predicted molar refractivity (Wildman–Crippen MR) is 71.2 cm³/mol. The summed E-state index contributed by atoms with van der Waals surface area (Å²) in [7, 11) is 1.89. The summed E-state index contributed by atoms with van der Waals surface area (Å²) < 4.78 is 0. The van der Waals surface area contributed by atoms with E-state index in [2.05, 4.69) is 23.7 Å². The molecule has 0 radical (unpaired) electrons. The Morgan fingerprint density at radius 3 is 2.94 bits per heavy atom. The molecule has 0 aromatic carbocycles. The average Bonchev–Trinajstić information content (AvgIpc) is 3.04. The second-order valence-corrected chi connectivity index (χ2v) is 5.76. The van der Waals surface area contributed by atoms with Crippen LogP contribution in [-0.4, -0.2) is 30.4 Å². The highest BCUT2D eigenvalue weighted by molar-refractivity contribution is 7.10. The second kappa shape index (κ2) is 5.65. The minimum absolute atomic E-state index is 0.228. The molecule has 1 aliphatic carbocycles. The lowest BCUT2D eigenvalue weighted by molar-refractivity contribution is -0.130. The molecule has 1 aromatic heterocycles. The number of hydrogen-bond donors (Lipinski definition) is 1. The lowest BCUT2D eigenvalue weighted by atomic mass is 10.2. The van der Waals surface area contributed by atoms with Gasteiger partial charge in [-0.25, -0.2) is 0 Å². The Morgan fingerprint density at radius 1 is 1.59 bits per heavy atom. The summed E-state index contributed by atoms with van der Waals surface area (Å²) in [5.74, 6) is 0.228.